The van der Waals surface area contributed by atoms with Gasteiger partial charge in [-0.2, -0.15) is 28.8 Å². The van der Waals surface area contributed by atoms with Gasteiger partial charge in [0.15, 0.2) is 0 Å². The predicted molar refractivity (Wildman–Crippen MR) is 83.6 cm³/mol. The van der Waals surface area contributed by atoms with Crippen LogP contribution in [0.25, 0.3) is 0 Å². The first-order valence-electron chi connectivity index (χ1n) is 6.93. The zero-order valence-corrected chi connectivity index (χ0v) is 14.0. The van der Waals surface area contributed by atoms with Gasteiger partial charge < -0.3 is 0 Å². The number of nitrogens with zero attached hydrogens (tertiary/aromatic N) is 1. The van der Waals surface area contributed by atoms with Crippen molar-refractivity contribution in [2.24, 2.45) is 0 Å². The van der Waals surface area contributed by atoms with Crippen molar-refractivity contribution in [2.45, 2.75) is 31.0 Å². The van der Waals surface area contributed by atoms with Crippen molar-refractivity contribution < 1.29 is 21.6 Å². The highest BCUT2D eigenvalue weighted by Crippen LogP contribution is 2.30. The van der Waals surface area contributed by atoms with Crippen LogP contribution in [0.5, 0.6) is 0 Å². The summed E-state index contributed by atoms with van der Waals surface area (Å²) in [5.41, 5.74) is -0.00439. The normalized spacial score (nSPS) is 12.7. The maximum Gasteiger partial charge on any atom is 0.416 e. The third-order valence-corrected chi connectivity index (χ3v) is 5.82. The van der Waals surface area contributed by atoms with Crippen LogP contribution in [0, 0.1) is 0 Å². The van der Waals surface area contributed by atoms with Crippen LogP contribution in [0.2, 0.25) is 0 Å². The van der Waals surface area contributed by atoms with Crippen molar-refractivity contribution in [1.29, 1.82) is 0 Å². The first-order chi connectivity index (χ1) is 10.7. The van der Waals surface area contributed by atoms with Gasteiger partial charge in [0, 0.05) is 13.1 Å². The summed E-state index contributed by atoms with van der Waals surface area (Å²) >= 11 is 1.46. The molecule has 0 fully saturated rings. The quantitative estimate of drug-likeness (QED) is 0.764. The number of hydrogen-bond donors (Lipinski definition) is 0. The molecule has 0 unspecified atom stereocenters. The van der Waals surface area contributed by atoms with Crippen LogP contribution in [0.3, 0.4) is 0 Å². The smallest absolute Gasteiger partial charge is 0.207 e. The second-order valence-corrected chi connectivity index (χ2v) is 7.71. The van der Waals surface area contributed by atoms with Crippen LogP contribution in [-0.4, -0.2) is 19.3 Å². The molecule has 126 valence electrons. The van der Waals surface area contributed by atoms with Crippen molar-refractivity contribution in [1.82, 2.24) is 4.31 Å². The molecule has 1 aromatic heterocycles. The lowest BCUT2D eigenvalue weighted by Gasteiger charge is -2.21. The second-order valence-electron chi connectivity index (χ2n) is 4.99. The Labute approximate surface area is 137 Å². The van der Waals surface area contributed by atoms with Gasteiger partial charge in [0.05, 0.1) is 10.5 Å². The van der Waals surface area contributed by atoms with Crippen molar-refractivity contribution >= 4 is 21.4 Å². The highest BCUT2D eigenvalue weighted by atomic mass is 32.2. The Bertz CT molecular complexity index is 723. The lowest BCUT2D eigenvalue weighted by Crippen LogP contribution is -2.31. The maximum absolute atomic E-state index is 12.7. The predicted octanol–water partition coefficient (Wildman–Crippen LogP) is 4.37. The van der Waals surface area contributed by atoms with Gasteiger partial charge in [-0.15, -0.1) is 0 Å². The van der Waals surface area contributed by atoms with E-state index in [2.05, 4.69) is 0 Å². The number of alkyl halides is 3. The molecule has 8 heteroatoms. The Kier molecular flexibility index (Phi) is 5.49. The number of benzene rings is 1. The minimum Gasteiger partial charge on any atom is -0.207 e. The van der Waals surface area contributed by atoms with Crippen LogP contribution in [0.15, 0.2) is 46.0 Å². The molecule has 2 aromatic rings. The molecule has 2 rings (SSSR count). The first-order valence-corrected chi connectivity index (χ1v) is 9.32. The Morgan fingerprint density at radius 1 is 1.13 bits per heavy atom. The summed E-state index contributed by atoms with van der Waals surface area (Å²) in [6, 6.07) is 5.43. The summed E-state index contributed by atoms with van der Waals surface area (Å²) in [5, 5.41) is 3.70. The van der Waals surface area contributed by atoms with E-state index in [1.807, 2.05) is 23.8 Å². The van der Waals surface area contributed by atoms with Crippen LogP contribution in [0.4, 0.5) is 13.2 Å². The third-order valence-electron chi connectivity index (χ3n) is 3.23. The number of thiophene rings is 1. The van der Waals surface area contributed by atoms with Crippen LogP contribution < -0.4 is 0 Å². The molecule has 3 nitrogen and oxygen atoms in total. The maximum atomic E-state index is 12.7. The molecule has 0 aliphatic carbocycles. The van der Waals surface area contributed by atoms with E-state index >= 15 is 0 Å². The van der Waals surface area contributed by atoms with E-state index in [0.29, 0.717) is 13.0 Å². The van der Waals surface area contributed by atoms with Crippen LogP contribution in [0.1, 0.15) is 24.5 Å². The number of halogens is 3. The molecule has 0 bridgehead atoms. The average molecular weight is 363 g/mol. The van der Waals surface area contributed by atoms with Gasteiger partial charge in [-0.05, 0) is 53.1 Å². The highest BCUT2D eigenvalue weighted by Gasteiger charge is 2.31. The summed E-state index contributed by atoms with van der Waals surface area (Å²) in [7, 11) is -3.83. The molecule has 0 radical (unpaired) electrons. The second kappa shape index (κ2) is 7.02. The van der Waals surface area contributed by atoms with Crippen molar-refractivity contribution in [3.8, 4) is 0 Å². The minimum absolute atomic E-state index is 0.130. The molecule has 1 aromatic carbocycles. The molecule has 1 heterocycles. The van der Waals surface area contributed by atoms with Gasteiger partial charge in [0.1, 0.15) is 0 Å². The van der Waals surface area contributed by atoms with Crippen molar-refractivity contribution in [2.75, 3.05) is 6.54 Å². The SMILES string of the molecule is CCCN(Cc1ccsc1)S(=O)(=O)c1ccc(C(F)(F)F)cc1. The summed E-state index contributed by atoms with van der Waals surface area (Å²) in [4.78, 5) is -0.130. The molecule has 0 aliphatic heterocycles. The molecular weight excluding hydrogens is 347 g/mol. The fourth-order valence-corrected chi connectivity index (χ4v) is 4.26. The molecule has 0 saturated carbocycles. The van der Waals surface area contributed by atoms with Gasteiger partial charge in [-0.25, -0.2) is 8.42 Å². The molecule has 23 heavy (non-hydrogen) atoms. The van der Waals surface area contributed by atoms with Gasteiger partial charge in [0.2, 0.25) is 10.0 Å². The topological polar surface area (TPSA) is 37.4 Å². The van der Waals surface area contributed by atoms with Gasteiger partial charge in [0.25, 0.3) is 0 Å². The molecular formula is C15H16F3NO2S2. The summed E-state index contributed by atoms with van der Waals surface area (Å²) < 4.78 is 64.4. The summed E-state index contributed by atoms with van der Waals surface area (Å²) in [6.45, 7) is 2.36. The highest BCUT2D eigenvalue weighted by molar-refractivity contribution is 7.89. The lowest BCUT2D eigenvalue weighted by molar-refractivity contribution is -0.137. The number of rotatable bonds is 6. The zero-order valence-electron chi connectivity index (χ0n) is 12.4. The van der Waals surface area contributed by atoms with E-state index in [0.717, 1.165) is 29.8 Å². The zero-order chi connectivity index (χ0) is 17.1. The molecule has 0 aliphatic rings. The third kappa shape index (κ3) is 4.33. The Morgan fingerprint density at radius 2 is 1.78 bits per heavy atom. The lowest BCUT2D eigenvalue weighted by atomic mass is 10.2. The number of hydrogen-bond acceptors (Lipinski definition) is 3. The van der Waals surface area contributed by atoms with E-state index in [1.54, 1.807) is 0 Å². The standard InChI is InChI=1S/C15H16F3NO2S2/c1-2-8-19(10-12-7-9-22-11-12)23(20,21)14-5-3-13(4-6-14)15(16,17)18/h3-7,9,11H,2,8,10H2,1H3. The van der Waals surface area contributed by atoms with E-state index in [-0.39, 0.29) is 11.4 Å². The largest absolute Gasteiger partial charge is 0.416 e. The summed E-state index contributed by atoms with van der Waals surface area (Å²) in [6.07, 6.45) is -3.87. The molecule has 0 N–H and O–H groups in total. The Balaban J connectivity index is 2.29. The van der Waals surface area contributed by atoms with Gasteiger partial charge >= 0.3 is 6.18 Å². The molecule has 0 amide bonds. The fraction of sp³-hybridized carbons (Fsp3) is 0.333. The Hall–Kier alpha value is -1.38. The van der Waals surface area contributed by atoms with Crippen LogP contribution >= 0.6 is 11.3 Å². The molecule has 0 spiro atoms. The van der Waals surface area contributed by atoms with E-state index in [9.17, 15) is 21.6 Å². The van der Waals surface area contributed by atoms with Crippen LogP contribution in [-0.2, 0) is 22.7 Å². The van der Waals surface area contributed by atoms with Crippen molar-refractivity contribution in [3.63, 3.8) is 0 Å². The first kappa shape index (κ1) is 18.0. The van der Waals surface area contributed by atoms with Crippen molar-refractivity contribution in [3.05, 3.63) is 52.2 Å². The average Bonchev–Trinajstić information content (AvgIpc) is 2.99. The van der Waals surface area contributed by atoms with E-state index in [4.69, 9.17) is 0 Å². The van der Waals surface area contributed by atoms with E-state index in [1.165, 1.54) is 15.6 Å². The monoisotopic (exact) mass is 363 g/mol. The Morgan fingerprint density at radius 3 is 2.26 bits per heavy atom. The molecule has 0 atom stereocenters. The van der Waals surface area contributed by atoms with E-state index < -0.39 is 21.8 Å². The fourth-order valence-electron chi connectivity index (χ4n) is 2.08. The summed E-state index contributed by atoms with van der Waals surface area (Å²) in [5.74, 6) is 0. The van der Waals surface area contributed by atoms with Gasteiger partial charge in [-0.1, -0.05) is 6.92 Å². The number of sulfonamides is 1. The minimum atomic E-state index is -4.48. The van der Waals surface area contributed by atoms with Gasteiger partial charge in [-0.3, -0.25) is 0 Å². The molecule has 0 saturated heterocycles.